The SMILES string of the molecule is CC.CC.CC1CCC(=O)NC1=O.CCc1cc(C)c(F)cc1C(C)=O. The van der Waals surface area contributed by atoms with Gasteiger partial charge in [0.1, 0.15) is 5.82 Å². The maximum atomic E-state index is 13.1. The minimum absolute atomic E-state index is 0.0164. The molecule has 0 radical (unpaired) electrons. The Morgan fingerprint density at radius 1 is 1.19 bits per heavy atom. The number of hydrogen-bond donors (Lipinski definition) is 1. The first kappa shape index (κ1) is 26.2. The number of aryl methyl sites for hydroxylation is 2. The third kappa shape index (κ3) is 8.88. The lowest BCUT2D eigenvalue weighted by atomic mass is 9.99. The second kappa shape index (κ2) is 14.2. The Morgan fingerprint density at radius 2 is 1.73 bits per heavy atom. The van der Waals surface area contributed by atoms with Crippen molar-refractivity contribution < 1.29 is 18.8 Å². The first-order valence-electron chi connectivity index (χ1n) is 9.39. The molecule has 2 amide bonds. The van der Waals surface area contributed by atoms with Crippen LogP contribution in [0, 0.1) is 18.7 Å². The lowest BCUT2D eigenvalue weighted by molar-refractivity contribution is -0.135. The molecule has 1 aromatic carbocycles. The van der Waals surface area contributed by atoms with E-state index in [2.05, 4.69) is 5.32 Å². The molecule has 1 fully saturated rings. The van der Waals surface area contributed by atoms with Gasteiger partial charge in [0.05, 0.1) is 0 Å². The molecule has 4 nitrogen and oxygen atoms in total. The third-order valence-electron chi connectivity index (χ3n) is 3.66. The van der Waals surface area contributed by atoms with Crippen LogP contribution in [0.4, 0.5) is 4.39 Å². The maximum absolute atomic E-state index is 13.1. The van der Waals surface area contributed by atoms with E-state index in [-0.39, 0.29) is 29.3 Å². The summed E-state index contributed by atoms with van der Waals surface area (Å²) in [5.74, 6) is -0.634. The molecule has 1 aliphatic heterocycles. The fourth-order valence-corrected chi connectivity index (χ4v) is 2.16. The number of halogens is 1. The van der Waals surface area contributed by atoms with Crippen LogP contribution in [0.25, 0.3) is 0 Å². The molecule has 0 aliphatic carbocycles. The highest BCUT2D eigenvalue weighted by atomic mass is 19.1. The topological polar surface area (TPSA) is 63.2 Å². The van der Waals surface area contributed by atoms with E-state index in [1.165, 1.54) is 13.0 Å². The monoisotopic (exact) mass is 367 g/mol. The minimum atomic E-state index is -0.303. The number of nitrogens with one attached hydrogen (secondary N) is 1. The molecule has 0 aromatic heterocycles. The van der Waals surface area contributed by atoms with Crippen LogP contribution >= 0.6 is 0 Å². The third-order valence-corrected chi connectivity index (χ3v) is 3.66. The standard InChI is InChI=1S/C11H13FO.C6H9NO2.2C2H6/c1-4-9-5-7(2)11(12)6-10(9)8(3)13;1-4-2-3-5(8)7-6(4)9;2*1-2/h5-6H,4H2,1-3H3;4H,2-3H2,1H3,(H,7,8,9);2*1-2H3. The summed E-state index contributed by atoms with van der Waals surface area (Å²) in [5, 5.41) is 2.25. The van der Waals surface area contributed by atoms with Crippen molar-refractivity contribution in [3.05, 3.63) is 34.6 Å². The molecule has 1 N–H and O–H groups in total. The van der Waals surface area contributed by atoms with Crippen LogP contribution < -0.4 is 5.32 Å². The van der Waals surface area contributed by atoms with E-state index < -0.39 is 0 Å². The molecule has 1 atom stereocenters. The molecule has 1 unspecified atom stereocenters. The number of piperidine rings is 1. The van der Waals surface area contributed by atoms with Gasteiger partial charge in [0.25, 0.3) is 0 Å². The molecule has 2 rings (SSSR count). The number of benzene rings is 1. The van der Waals surface area contributed by atoms with E-state index >= 15 is 0 Å². The van der Waals surface area contributed by atoms with Crippen molar-refractivity contribution in [3.8, 4) is 0 Å². The van der Waals surface area contributed by atoms with E-state index in [4.69, 9.17) is 0 Å². The molecule has 0 saturated carbocycles. The highest BCUT2D eigenvalue weighted by Gasteiger charge is 2.21. The Labute approximate surface area is 157 Å². The summed E-state index contributed by atoms with van der Waals surface area (Å²) in [6.07, 6.45) is 1.95. The van der Waals surface area contributed by atoms with Crippen LogP contribution in [-0.2, 0) is 16.0 Å². The predicted octanol–water partition coefficient (Wildman–Crippen LogP) is 5.01. The number of carbonyl (C=O) groups excluding carboxylic acids is 3. The highest BCUT2D eigenvalue weighted by Crippen LogP contribution is 2.16. The maximum Gasteiger partial charge on any atom is 0.229 e. The largest absolute Gasteiger partial charge is 0.296 e. The van der Waals surface area contributed by atoms with Crippen LogP contribution in [0.2, 0.25) is 0 Å². The summed E-state index contributed by atoms with van der Waals surface area (Å²) >= 11 is 0. The smallest absolute Gasteiger partial charge is 0.229 e. The van der Waals surface area contributed by atoms with E-state index in [9.17, 15) is 18.8 Å². The van der Waals surface area contributed by atoms with Crippen molar-refractivity contribution in [2.45, 2.75) is 74.7 Å². The van der Waals surface area contributed by atoms with Crippen molar-refractivity contribution in [1.29, 1.82) is 0 Å². The Morgan fingerprint density at radius 3 is 2.12 bits per heavy atom. The number of Topliss-reactive ketones (excluding diaryl/α,β-unsaturated/α-hetero) is 1. The zero-order valence-corrected chi connectivity index (χ0v) is 17.5. The average Bonchev–Trinajstić information content (AvgIpc) is 2.64. The molecular weight excluding hydrogens is 333 g/mol. The van der Waals surface area contributed by atoms with Gasteiger partial charge in [-0.2, -0.15) is 0 Å². The molecule has 1 heterocycles. The second-order valence-corrected chi connectivity index (χ2v) is 5.52. The molecular formula is C21H34FNO3. The van der Waals surface area contributed by atoms with E-state index in [1.807, 2.05) is 41.5 Å². The summed E-state index contributed by atoms with van der Waals surface area (Å²) in [4.78, 5) is 32.3. The van der Waals surface area contributed by atoms with E-state index in [1.54, 1.807) is 13.0 Å². The Bertz CT molecular complexity index is 597. The van der Waals surface area contributed by atoms with Gasteiger partial charge in [-0.25, -0.2) is 4.39 Å². The molecule has 1 aliphatic rings. The summed E-state index contributed by atoms with van der Waals surface area (Å²) in [5.41, 5.74) is 2.03. The fraction of sp³-hybridized carbons (Fsp3) is 0.571. The average molecular weight is 368 g/mol. The van der Waals surface area contributed by atoms with Crippen molar-refractivity contribution in [3.63, 3.8) is 0 Å². The van der Waals surface area contributed by atoms with Gasteiger partial charge in [0.15, 0.2) is 5.78 Å². The molecule has 148 valence electrons. The van der Waals surface area contributed by atoms with Gasteiger partial charge in [-0.05, 0) is 43.9 Å². The normalized spacial score (nSPS) is 15.2. The highest BCUT2D eigenvalue weighted by molar-refractivity contribution is 5.98. The Kier molecular flexibility index (Phi) is 14.3. The summed E-state index contributed by atoms with van der Waals surface area (Å²) in [6.45, 7) is 14.9. The quantitative estimate of drug-likeness (QED) is 0.590. The Balaban J connectivity index is 0. The van der Waals surface area contributed by atoms with Crippen molar-refractivity contribution in [2.75, 3.05) is 0 Å². The molecule has 0 bridgehead atoms. The van der Waals surface area contributed by atoms with Crippen LogP contribution in [-0.4, -0.2) is 17.6 Å². The van der Waals surface area contributed by atoms with E-state index in [0.29, 0.717) is 24.0 Å². The van der Waals surface area contributed by atoms with Crippen molar-refractivity contribution in [2.24, 2.45) is 5.92 Å². The Hall–Kier alpha value is -2.04. The molecule has 5 heteroatoms. The molecule has 26 heavy (non-hydrogen) atoms. The number of rotatable bonds is 2. The second-order valence-electron chi connectivity index (χ2n) is 5.52. The predicted molar refractivity (Wildman–Crippen MR) is 105 cm³/mol. The molecule has 0 spiro atoms. The van der Waals surface area contributed by atoms with Gasteiger partial charge in [-0.3, -0.25) is 19.7 Å². The summed E-state index contributed by atoms with van der Waals surface area (Å²) in [7, 11) is 0. The van der Waals surface area contributed by atoms with Gasteiger partial charge >= 0.3 is 0 Å². The van der Waals surface area contributed by atoms with Gasteiger partial charge < -0.3 is 0 Å². The first-order chi connectivity index (χ1) is 12.3. The summed E-state index contributed by atoms with van der Waals surface area (Å²) in [6, 6.07) is 3.07. The van der Waals surface area contributed by atoms with Crippen LogP contribution in [0.1, 0.15) is 82.8 Å². The zero-order valence-electron chi connectivity index (χ0n) is 17.5. The van der Waals surface area contributed by atoms with Crippen LogP contribution in [0.5, 0.6) is 0 Å². The van der Waals surface area contributed by atoms with Crippen LogP contribution in [0.15, 0.2) is 12.1 Å². The fourth-order valence-electron chi connectivity index (χ4n) is 2.16. The number of carbonyl (C=O) groups is 3. The minimum Gasteiger partial charge on any atom is -0.296 e. The van der Waals surface area contributed by atoms with Gasteiger partial charge in [0.2, 0.25) is 11.8 Å². The number of ketones is 1. The van der Waals surface area contributed by atoms with E-state index in [0.717, 1.165) is 12.0 Å². The summed E-state index contributed by atoms with van der Waals surface area (Å²) < 4.78 is 13.1. The lowest BCUT2D eigenvalue weighted by Crippen LogP contribution is -2.39. The molecule has 1 aromatic rings. The van der Waals surface area contributed by atoms with Gasteiger partial charge in [-0.1, -0.05) is 47.6 Å². The number of hydrogen-bond acceptors (Lipinski definition) is 3. The van der Waals surface area contributed by atoms with Gasteiger partial charge in [-0.15, -0.1) is 0 Å². The van der Waals surface area contributed by atoms with Crippen molar-refractivity contribution >= 4 is 17.6 Å². The van der Waals surface area contributed by atoms with Crippen LogP contribution in [0.3, 0.4) is 0 Å². The van der Waals surface area contributed by atoms with Crippen molar-refractivity contribution in [1.82, 2.24) is 5.32 Å². The number of imide groups is 1. The lowest BCUT2D eigenvalue weighted by Gasteiger charge is -2.15. The first-order valence-corrected chi connectivity index (χ1v) is 9.39. The molecule has 1 saturated heterocycles. The number of amides is 2. The zero-order chi connectivity index (χ0) is 20.9. The van der Waals surface area contributed by atoms with Gasteiger partial charge in [0, 0.05) is 17.9 Å².